The largest absolute Gasteiger partial charge is 0.247 e. The van der Waals surface area contributed by atoms with Gasteiger partial charge in [-0.2, -0.15) is 0 Å². The van der Waals surface area contributed by atoms with Crippen molar-refractivity contribution in [2.75, 3.05) is 0 Å². The Bertz CT molecular complexity index is 279. The highest BCUT2D eigenvalue weighted by molar-refractivity contribution is 9.10. The van der Waals surface area contributed by atoms with E-state index in [4.69, 9.17) is 0 Å². The minimum atomic E-state index is 0.927. The van der Waals surface area contributed by atoms with Crippen molar-refractivity contribution in [2.45, 2.75) is 4.90 Å². The van der Waals surface area contributed by atoms with Crippen LogP contribution in [0.3, 0.4) is 0 Å². The molecule has 0 saturated heterocycles. The molecule has 11 heavy (non-hydrogen) atoms. The van der Waals surface area contributed by atoms with Crippen molar-refractivity contribution in [3.8, 4) is 0 Å². The number of nitrogens with zero attached hydrogens (tertiary/aromatic N) is 1. The summed E-state index contributed by atoms with van der Waals surface area (Å²) in [5.74, 6) is 0. The Balaban J connectivity index is 2.73. The van der Waals surface area contributed by atoms with Crippen molar-refractivity contribution in [1.82, 2.24) is 0 Å². The SMILES string of the molecule is O=C=NSc1ccc(Br)cc1. The molecule has 0 radical (unpaired) electrons. The summed E-state index contributed by atoms with van der Waals surface area (Å²) in [5.41, 5.74) is 0. The fourth-order valence-corrected chi connectivity index (χ4v) is 1.23. The van der Waals surface area contributed by atoms with Gasteiger partial charge < -0.3 is 0 Å². The van der Waals surface area contributed by atoms with Crippen molar-refractivity contribution in [1.29, 1.82) is 0 Å². The molecule has 0 unspecified atom stereocenters. The fraction of sp³-hybridized carbons (Fsp3) is 0. The van der Waals surface area contributed by atoms with E-state index in [-0.39, 0.29) is 0 Å². The monoisotopic (exact) mass is 229 g/mol. The van der Waals surface area contributed by atoms with Gasteiger partial charge in [-0.05, 0) is 24.3 Å². The van der Waals surface area contributed by atoms with Crippen LogP contribution >= 0.6 is 27.9 Å². The molecule has 0 atom stereocenters. The lowest BCUT2D eigenvalue weighted by Gasteiger charge is -1.91. The van der Waals surface area contributed by atoms with Crippen LogP contribution in [0.5, 0.6) is 0 Å². The van der Waals surface area contributed by atoms with Gasteiger partial charge in [0.1, 0.15) is 0 Å². The number of halogens is 1. The van der Waals surface area contributed by atoms with Crippen LogP contribution in [-0.4, -0.2) is 6.08 Å². The summed E-state index contributed by atoms with van der Waals surface area (Å²) in [7, 11) is 0. The number of carbonyl (C=O) groups excluding carboxylic acids is 1. The number of rotatable bonds is 2. The van der Waals surface area contributed by atoms with E-state index < -0.39 is 0 Å². The second-order valence-corrected chi connectivity index (χ2v) is 3.48. The predicted molar refractivity (Wildman–Crippen MR) is 48.1 cm³/mol. The smallest absolute Gasteiger partial charge is 0.210 e. The quantitative estimate of drug-likeness (QED) is 0.444. The Morgan fingerprint density at radius 3 is 2.55 bits per heavy atom. The van der Waals surface area contributed by atoms with Crippen LogP contribution in [0.25, 0.3) is 0 Å². The Labute approximate surface area is 77.0 Å². The summed E-state index contributed by atoms with van der Waals surface area (Å²) in [6.07, 6.45) is 1.46. The van der Waals surface area contributed by atoms with Crippen LogP contribution in [0.15, 0.2) is 38.0 Å². The van der Waals surface area contributed by atoms with E-state index in [1.807, 2.05) is 24.3 Å². The number of isocyanates is 1. The fourth-order valence-electron chi connectivity index (χ4n) is 0.567. The second kappa shape index (κ2) is 4.34. The van der Waals surface area contributed by atoms with Crippen molar-refractivity contribution in [3.63, 3.8) is 0 Å². The van der Waals surface area contributed by atoms with E-state index in [1.54, 1.807) is 0 Å². The Hall–Kier alpha value is -0.570. The van der Waals surface area contributed by atoms with Gasteiger partial charge in [0, 0.05) is 21.3 Å². The highest BCUT2D eigenvalue weighted by Crippen LogP contribution is 2.20. The van der Waals surface area contributed by atoms with Crippen LogP contribution in [0.4, 0.5) is 0 Å². The van der Waals surface area contributed by atoms with Gasteiger partial charge in [-0.1, -0.05) is 15.9 Å². The summed E-state index contributed by atoms with van der Waals surface area (Å²) in [6, 6.07) is 7.52. The molecule has 0 spiro atoms. The number of hydrogen-bond donors (Lipinski definition) is 0. The van der Waals surface area contributed by atoms with E-state index in [2.05, 4.69) is 20.3 Å². The summed E-state index contributed by atoms with van der Waals surface area (Å²) in [5, 5.41) is 0. The van der Waals surface area contributed by atoms with Gasteiger partial charge in [0.25, 0.3) is 0 Å². The van der Waals surface area contributed by atoms with Crippen molar-refractivity contribution < 1.29 is 4.79 Å². The molecule has 0 heterocycles. The first kappa shape index (κ1) is 8.53. The highest BCUT2D eigenvalue weighted by atomic mass is 79.9. The molecular weight excluding hydrogens is 226 g/mol. The standard InChI is InChI=1S/C7H4BrNOS/c8-6-1-3-7(4-2-6)11-9-5-10/h1-4H. The van der Waals surface area contributed by atoms with E-state index in [9.17, 15) is 4.79 Å². The maximum atomic E-state index is 9.72. The third-order valence-corrected chi connectivity index (χ3v) is 2.18. The lowest BCUT2D eigenvalue weighted by atomic mass is 10.4. The topological polar surface area (TPSA) is 29.4 Å². The van der Waals surface area contributed by atoms with Gasteiger partial charge in [-0.3, -0.25) is 0 Å². The van der Waals surface area contributed by atoms with Crippen LogP contribution in [-0.2, 0) is 4.79 Å². The molecule has 0 N–H and O–H groups in total. The molecule has 0 aliphatic heterocycles. The maximum absolute atomic E-state index is 9.72. The maximum Gasteiger partial charge on any atom is 0.247 e. The first-order valence-corrected chi connectivity index (χ1v) is 4.39. The summed E-state index contributed by atoms with van der Waals surface area (Å²) >= 11 is 4.41. The average molecular weight is 230 g/mol. The zero-order chi connectivity index (χ0) is 8.10. The summed E-state index contributed by atoms with van der Waals surface area (Å²) in [4.78, 5) is 10.7. The molecule has 1 aromatic rings. The van der Waals surface area contributed by atoms with Crippen molar-refractivity contribution >= 4 is 34.0 Å². The minimum absolute atomic E-state index is 0.927. The molecule has 0 saturated carbocycles. The lowest BCUT2D eigenvalue weighted by Crippen LogP contribution is -1.66. The van der Waals surface area contributed by atoms with E-state index in [1.165, 1.54) is 6.08 Å². The Morgan fingerprint density at radius 2 is 2.00 bits per heavy atom. The van der Waals surface area contributed by atoms with Gasteiger partial charge in [0.05, 0.1) is 0 Å². The molecule has 0 bridgehead atoms. The average Bonchev–Trinajstić information content (AvgIpc) is 2.04. The zero-order valence-electron chi connectivity index (χ0n) is 5.45. The summed E-state index contributed by atoms with van der Waals surface area (Å²) in [6.45, 7) is 0. The molecule has 56 valence electrons. The first-order valence-electron chi connectivity index (χ1n) is 2.82. The Morgan fingerprint density at radius 1 is 1.36 bits per heavy atom. The van der Waals surface area contributed by atoms with Crippen molar-refractivity contribution in [2.24, 2.45) is 4.40 Å². The second-order valence-electron chi connectivity index (χ2n) is 1.73. The van der Waals surface area contributed by atoms with Crippen LogP contribution < -0.4 is 0 Å². The van der Waals surface area contributed by atoms with E-state index in [0.717, 1.165) is 21.3 Å². The number of benzene rings is 1. The molecule has 0 aliphatic rings. The van der Waals surface area contributed by atoms with Crippen LogP contribution in [0.1, 0.15) is 0 Å². The molecule has 1 rings (SSSR count). The first-order chi connectivity index (χ1) is 5.33. The molecule has 0 amide bonds. The van der Waals surface area contributed by atoms with Crippen LogP contribution in [0, 0.1) is 0 Å². The summed E-state index contributed by atoms with van der Waals surface area (Å²) < 4.78 is 4.38. The van der Waals surface area contributed by atoms with Gasteiger partial charge in [-0.25, -0.2) is 4.79 Å². The minimum Gasteiger partial charge on any atom is -0.210 e. The zero-order valence-corrected chi connectivity index (χ0v) is 7.85. The molecule has 1 aromatic carbocycles. The highest BCUT2D eigenvalue weighted by Gasteiger charge is 1.90. The van der Waals surface area contributed by atoms with Gasteiger partial charge in [-0.15, -0.1) is 4.40 Å². The molecule has 0 aliphatic carbocycles. The third kappa shape index (κ3) is 2.89. The van der Waals surface area contributed by atoms with Gasteiger partial charge >= 0.3 is 0 Å². The molecule has 4 heteroatoms. The van der Waals surface area contributed by atoms with Crippen LogP contribution in [0.2, 0.25) is 0 Å². The van der Waals surface area contributed by atoms with Crippen molar-refractivity contribution in [3.05, 3.63) is 28.7 Å². The molecular formula is C7H4BrNOS. The number of hydrogen-bond acceptors (Lipinski definition) is 3. The van der Waals surface area contributed by atoms with E-state index >= 15 is 0 Å². The van der Waals surface area contributed by atoms with Gasteiger partial charge in [0.2, 0.25) is 6.08 Å². The normalized spacial score (nSPS) is 8.82. The molecule has 0 fully saturated rings. The molecule has 2 nitrogen and oxygen atoms in total. The predicted octanol–water partition coefficient (Wildman–Crippen LogP) is 2.79. The lowest BCUT2D eigenvalue weighted by molar-refractivity contribution is 0.566. The Kier molecular flexibility index (Phi) is 3.36. The van der Waals surface area contributed by atoms with E-state index in [0.29, 0.717) is 0 Å². The third-order valence-electron chi connectivity index (χ3n) is 1.00. The van der Waals surface area contributed by atoms with Gasteiger partial charge in [0.15, 0.2) is 0 Å². The molecule has 0 aromatic heterocycles.